The zero-order valence-corrected chi connectivity index (χ0v) is 14.8. The molecule has 0 aromatic heterocycles. The summed E-state index contributed by atoms with van der Waals surface area (Å²) in [5.74, 6) is 0.483. The number of aldehydes is 1. The smallest absolute Gasteiger partial charge is 0.127 e. The van der Waals surface area contributed by atoms with Crippen LogP contribution in [0.25, 0.3) is 5.57 Å². The number of allylic oxidation sites excluding steroid dienone is 2. The summed E-state index contributed by atoms with van der Waals surface area (Å²) >= 11 is 6.25. The summed E-state index contributed by atoms with van der Waals surface area (Å²) in [6.07, 6.45) is 8.41. The average Bonchev–Trinajstić information content (AvgIpc) is 2.84. The van der Waals surface area contributed by atoms with Crippen molar-refractivity contribution in [2.75, 3.05) is 5.32 Å². The van der Waals surface area contributed by atoms with Crippen molar-refractivity contribution >= 4 is 29.1 Å². The quantitative estimate of drug-likeness (QED) is 0.715. The van der Waals surface area contributed by atoms with Gasteiger partial charge < -0.3 is 10.1 Å². The first kappa shape index (κ1) is 16.6. The lowest BCUT2D eigenvalue weighted by atomic mass is 9.91. The third-order valence-electron chi connectivity index (χ3n) is 5.54. The molecular formula is C20H26ClNO. The van der Waals surface area contributed by atoms with Crippen molar-refractivity contribution in [2.24, 2.45) is 11.8 Å². The van der Waals surface area contributed by atoms with Crippen LogP contribution >= 0.6 is 11.6 Å². The highest BCUT2D eigenvalue weighted by Crippen LogP contribution is 2.44. The Balaban J connectivity index is 1.97. The van der Waals surface area contributed by atoms with Gasteiger partial charge in [0.15, 0.2) is 0 Å². The fraction of sp³-hybridized carbons (Fsp3) is 0.550. The van der Waals surface area contributed by atoms with Crippen LogP contribution in [0.2, 0.25) is 5.02 Å². The number of carbonyl (C=O) groups is 1. The Morgan fingerprint density at radius 1 is 1.22 bits per heavy atom. The van der Waals surface area contributed by atoms with Crippen LogP contribution < -0.4 is 5.32 Å². The molecule has 0 heterocycles. The van der Waals surface area contributed by atoms with Crippen LogP contribution in [0.15, 0.2) is 23.8 Å². The molecule has 1 saturated carbocycles. The Morgan fingerprint density at radius 2 is 1.96 bits per heavy atom. The van der Waals surface area contributed by atoms with Gasteiger partial charge in [-0.1, -0.05) is 49.4 Å². The van der Waals surface area contributed by atoms with Gasteiger partial charge in [-0.05, 0) is 49.8 Å². The number of carbonyl (C=O) groups excluding carboxylic acids is 1. The minimum atomic E-state index is 0.0121. The van der Waals surface area contributed by atoms with Crippen LogP contribution in [-0.2, 0) is 4.79 Å². The number of halogens is 1. The van der Waals surface area contributed by atoms with Crippen LogP contribution in [-0.4, -0.2) is 12.3 Å². The Bertz CT molecular complexity index is 616. The third-order valence-corrected chi connectivity index (χ3v) is 5.78. The van der Waals surface area contributed by atoms with Gasteiger partial charge in [0.25, 0.3) is 0 Å². The SMILES string of the molecule is CC1=C(c2ccc(Cl)cc2NC2CCCCC2)C(C=O)CC1C. The molecule has 0 spiro atoms. The highest BCUT2D eigenvalue weighted by atomic mass is 35.5. The van der Waals surface area contributed by atoms with Crippen LogP contribution in [0.4, 0.5) is 5.69 Å². The van der Waals surface area contributed by atoms with E-state index in [1.54, 1.807) is 0 Å². The van der Waals surface area contributed by atoms with Crippen LogP contribution in [0.1, 0.15) is 57.9 Å². The molecule has 23 heavy (non-hydrogen) atoms. The zero-order chi connectivity index (χ0) is 16.4. The Morgan fingerprint density at radius 3 is 2.65 bits per heavy atom. The second-order valence-electron chi connectivity index (χ2n) is 7.15. The maximum atomic E-state index is 11.6. The fourth-order valence-corrected chi connectivity index (χ4v) is 4.28. The first-order valence-electron chi connectivity index (χ1n) is 8.82. The largest absolute Gasteiger partial charge is 0.382 e. The van der Waals surface area contributed by atoms with Crippen LogP contribution in [0.3, 0.4) is 0 Å². The summed E-state index contributed by atoms with van der Waals surface area (Å²) < 4.78 is 0. The van der Waals surface area contributed by atoms with Crippen molar-refractivity contribution in [2.45, 2.75) is 58.4 Å². The van der Waals surface area contributed by atoms with Crippen molar-refractivity contribution in [1.82, 2.24) is 0 Å². The van der Waals surface area contributed by atoms with E-state index >= 15 is 0 Å². The van der Waals surface area contributed by atoms with E-state index in [0.29, 0.717) is 12.0 Å². The molecule has 0 radical (unpaired) electrons. The van der Waals surface area contributed by atoms with Gasteiger partial charge in [0.1, 0.15) is 6.29 Å². The highest BCUT2D eigenvalue weighted by Gasteiger charge is 2.30. The highest BCUT2D eigenvalue weighted by molar-refractivity contribution is 6.31. The molecule has 0 bridgehead atoms. The maximum Gasteiger partial charge on any atom is 0.127 e. The number of benzene rings is 1. The molecular weight excluding hydrogens is 306 g/mol. The minimum absolute atomic E-state index is 0.0121. The van der Waals surface area contributed by atoms with Gasteiger partial charge in [-0.25, -0.2) is 0 Å². The van der Waals surface area contributed by atoms with Gasteiger partial charge in [-0.15, -0.1) is 0 Å². The Hall–Kier alpha value is -1.28. The topological polar surface area (TPSA) is 29.1 Å². The van der Waals surface area contributed by atoms with Gasteiger partial charge in [-0.3, -0.25) is 0 Å². The van der Waals surface area contributed by atoms with E-state index in [9.17, 15) is 4.79 Å². The molecule has 1 aromatic rings. The molecule has 2 atom stereocenters. The second-order valence-corrected chi connectivity index (χ2v) is 7.58. The van der Waals surface area contributed by atoms with Crippen LogP contribution in [0, 0.1) is 11.8 Å². The number of anilines is 1. The fourth-order valence-electron chi connectivity index (χ4n) is 4.11. The summed E-state index contributed by atoms with van der Waals surface area (Å²) in [4.78, 5) is 11.6. The molecule has 1 N–H and O–H groups in total. The summed E-state index contributed by atoms with van der Waals surface area (Å²) in [5.41, 5.74) is 4.82. The number of rotatable bonds is 4. The summed E-state index contributed by atoms with van der Waals surface area (Å²) in [6, 6.07) is 6.57. The lowest BCUT2D eigenvalue weighted by Gasteiger charge is -2.26. The molecule has 0 amide bonds. The molecule has 2 nitrogen and oxygen atoms in total. The Labute approximate surface area is 144 Å². The van der Waals surface area contributed by atoms with E-state index in [1.807, 2.05) is 12.1 Å². The zero-order valence-electron chi connectivity index (χ0n) is 14.1. The van der Waals surface area contributed by atoms with Crippen molar-refractivity contribution in [3.05, 3.63) is 34.4 Å². The number of nitrogens with one attached hydrogen (secondary N) is 1. The molecule has 2 aliphatic rings. The lowest BCUT2D eigenvalue weighted by molar-refractivity contribution is -0.109. The standard InChI is InChI=1S/C20H26ClNO/c1-13-10-15(12-23)20(14(13)2)18-9-8-16(21)11-19(18)22-17-6-4-3-5-7-17/h8-9,11-13,15,17,22H,3-7,10H2,1-2H3. The monoisotopic (exact) mass is 331 g/mol. The average molecular weight is 332 g/mol. The first-order chi connectivity index (χ1) is 11.1. The molecule has 2 unspecified atom stereocenters. The number of hydrogen-bond donors (Lipinski definition) is 1. The molecule has 3 rings (SSSR count). The summed E-state index contributed by atoms with van der Waals surface area (Å²) in [7, 11) is 0. The molecule has 2 aliphatic carbocycles. The van der Waals surface area contributed by atoms with E-state index in [1.165, 1.54) is 48.8 Å². The van der Waals surface area contributed by atoms with Gasteiger partial charge in [0.05, 0.1) is 0 Å². The van der Waals surface area contributed by atoms with Crippen molar-refractivity contribution in [1.29, 1.82) is 0 Å². The lowest BCUT2D eigenvalue weighted by Crippen LogP contribution is -2.23. The minimum Gasteiger partial charge on any atom is -0.382 e. The van der Waals surface area contributed by atoms with E-state index < -0.39 is 0 Å². The number of hydrogen-bond acceptors (Lipinski definition) is 2. The third kappa shape index (κ3) is 3.47. The van der Waals surface area contributed by atoms with Crippen molar-refractivity contribution < 1.29 is 4.79 Å². The summed E-state index contributed by atoms with van der Waals surface area (Å²) in [6.45, 7) is 4.38. The van der Waals surface area contributed by atoms with E-state index in [-0.39, 0.29) is 5.92 Å². The van der Waals surface area contributed by atoms with Crippen molar-refractivity contribution in [3.63, 3.8) is 0 Å². The molecule has 3 heteroatoms. The van der Waals surface area contributed by atoms with Gasteiger partial charge >= 0.3 is 0 Å². The molecule has 0 aliphatic heterocycles. The van der Waals surface area contributed by atoms with E-state index in [2.05, 4.69) is 25.2 Å². The van der Waals surface area contributed by atoms with Gasteiger partial charge in [-0.2, -0.15) is 0 Å². The molecule has 124 valence electrons. The summed E-state index contributed by atoms with van der Waals surface area (Å²) in [5, 5.41) is 4.46. The van der Waals surface area contributed by atoms with E-state index in [4.69, 9.17) is 11.6 Å². The molecule has 1 aromatic carbocycles. The van der Waals surface area contributed by atoms with Gasteiger partial charge in [0, 0.05) is 28.2 Å². The molecule has 0 saturated heterocycles. The predicted octanol–water partition coefficient (Wildman–Crippen LogP) is 5.71. The predicted molar refractivity (Wildman–Crippen MR) is 97.9 cm³/mol. The second kappa shape index (κ2) is 7.09. The first-order valence-corrected chi connectivity index (χ1v) is 9.20. The van der Waals surface area contributed by atoms with E-state index in [0.717, 1.165) is 23.4 Å². The molecule has 1 fully saturated rings. The Kier molecular flexibility index (Phi) is 5.11. The van der Waals surface area contributed by atoms with Crippen LogP contribution in [0.5, 0.6) is 0 Å². The maximum absolute atomic E-state index is 11.6. The normalized spacial score (nSPS) is 25.7. The van der Waals surface area contributed by atoms with Crippen molar-refractivity contribution in [3.8, 4) is 0 Å². The van der Waals surface area contributed by atoms with Gasteiger partial charge in [0.2, 0.25) is 0 Å².